The highest BCUT2D eigenvalue weighted by atomic mass is 32.2. The fourth-order valence-corrected chi connectivity index (χ4v) is 5.65. The summed E-state index contributed by atoms with van der Waals surface area (Å²) in [5.41, 5.74) is 1.10. The number of rotatable bonds is 8. The van der Waals surface area contributed by atoms with Gasteiger partial charge in [-0.3, -0.25) is 14.5 Å². The average Bonchev–Trinajstić information content (AvgIpc) is 3.18. The van der Waals surface area contributed by atoms with Crippen LogP contribution in [-0.2, 0) is 21.4 Å². The molecule has 12 nitrogen and oxygen atoms in total. The van der Waals surface area contributed by atoms with Gasteiger partial charge in [0.15, 0.2) is 0 Å². The molecule has 0 aliphatic carbocycles. The molecule has 2 aliphatic heterocycles. The molecule has 14 heteroatoms. The standard InChI is InChI=1S/C18H19N7O5S2/c1-24-18(21-22-23-24)32-8-9-7-31-16-13(15(28)25(16)14(9)17(29)30)20-12(27)6-19-10-3-2-4-11(26)5-10/h2-5,13,16,19,26H,6-8H2,1H3,(H,20,27)(H,29,30)/t13-,16+/m1/s1. The van der Waals surface area contributed by atoms with Crippen LogP contribution in [0.1, 0.15) is 0 Å². The lowest BCUT2D eigenvalue weighted by atomic mass is 10.0. The summed E-state index contributed by atoms with van der Waals surface area (Å²) in [4.78, 5) is 38.1. The van der Waals surface area contributed by atoms with Crippen molar-refractivity contribution in [3.8, 4) is 5.75 Å². The van der Waals surface area contributed by atoms with Gasteiger partial charge in [0, 0.05) is 30.3 Å². The lowest BCUT2D eigenvalue weighted by Crippen LogP contribution is -2.71. The molecule has 4 N–H and O–H groups in total. The number of nitrogens with one attached hydrogen (secondary N) is 2. The number of carbonyl (C=O) groups excluding carboxylic acids is 2. The normalized spacial score (nSPS) is 19.9. The molecule has 2 amide bonds. The van der Waals surface area contributed by atoms with E-state index in [0.717, 1.165) is 0 Å². The predicted molar refractivity (Wildman–Crippen MR) is 116 cm³/mol. The van der Waals surface area contributed by atoms with Crippen molar-refractivity contribution in [2.75, 3.05) is 23.4 Å². The van der Waals surface area contributed by atoms with Crippen molar-refractivity contribution in [2.24, 2.45) is 7.05 Å². The predicted octanol–water partition coefficient (Wildman–Crippen LogP) is -0.141. The molecule has 4 rings (SSSR count). The maximum Gasteiger partial charge on any atom is 0.352 e. The van der Waals surface area contributed by atoms with Crippen molar-refractivity contribution in [3.05, 3.63) is 35.5 Å². The average molecular weight is 478 g/mol. The van der Waals surface area contributed by atoms with Gasteiger partial charge in [0.1, 0.15) is 22.9 Å². The number of fused-ring (bicyclic) bond motifs is 1. The number of thioether (sulfide) groups is 2. The molecule has 0 spiro atoms. The van der Waals surface area contributed by atoms with Crippen LogP contribution < -0.4 is 10.6 Å². The van der Waals surface area contributed by atoms with Crippen molar-refractivity contribution < 1.29 is 24.6 Å². The number of anilines is 1. The van der Waals surface area contributed by atoms with Crippen LogP contribution in [0.5, 0.6) is 5.75 Å². The number of aromatic nitrogens is 4. The highest BCUT2D eigenvalue weighted by Crippen LogP contribution is 2.41. The minimum Gasteiger partial charge on any atom is -0.508 e. The summed E-state index contributed by atoms with van der Waals surface area (Å²) in [6.07, 6.45) is 0. The highest BCUT2D eigenvalue weighted by Gasteiger charge is 2.54. The Bertz CT molecular complexity index is 1100. The molecule has 2 atom stereocenters. The molecule has 1 saturated heterocycles. The minimum absolute atomic E-state index is 0.0511. The quantitative estimate of drug-likeness (QED) is 0.296. The number of aromatic hydroxyl groups is 1. The molecule has 1 fully saturated rings. The van der Waals surface area contributed by atoms with Gasteiger partial charge in [-0.05, 0) is 28.1 Å². The van der Waals surface area contributed by atoms with Gasteiger partial charge in [0.25, 0.3) is 5.91 Å². The van der Waals surface area contributed by atoms with E-state index >= 15 is 0 Å². The van der Waals surface area contributed by atoms with E-state index in [2.05, 4.69) is 26.2 Å². The molecule has 168 valence electrons. The Morgan fingerprint density at radius 2 is 2.19 bits per heavy atom. The first kappa shape index (κ1) is 22.0. The lowest BCUT2D eigenvalue weighted by Gasteiger charge is -2.49. The molecule has 0 radical (unpaired) electrons. The Labute approximate surface area is 190 Å². The van der Waals surface area contributed by atoms with Gasteiger partial charge in [0.05, 0.1) is 6.54 Å². The molecule has 1 aromatic carbocycles. The van der Waals surface area contributed by atoms with Crippen LogP contribution in [-0.4, -0.2) is 82.6 Å². The third-order valence-electron chi connectivity index (χ3n) is 4.82. The number of amides is 2. The zero-order valence-corrected chi connectivity index (χ0v) is 18.4. The molecular formula is C18H19N7O5S2. The summed E-state index contributed by atoms with van der Waals surface area (Å²) in [6.45, 7) is -0.0973. The number of phenols is 1. The fraction of sp³-hybridized carbons (Fsp3) is 0.333. The highest BCUT2D eigenvalue weighted by molar-refractivity contribution is 8.01. The number of phenolic OH excluding ortho intramolecular Hbond substituents is 1. The van der Waals surface area contributed by atoms with Crippen molar-refractivity contribution in [1.29, 1.82) is 0 Å². The number of benzene rings is 1. The van der Waals surface area contributed by atoms with E-state index in [1.807, 2.05) is 0 Å². The van der Waals surface area contributed by atoms with E-state index in [4.69, 9.17) is 0 Å². The number of hydrogen-bond donors (Lipinski definition) is 4. The summed E-state index contributed by atoms with van der Waals surface area (Å²) in [5.74, 6) is -1.27. The number of carboxylic acid groups (broad SMARTS) is 1. The third-order valence-corrected chi connectivity index (χ3v) is 7.26. The van der Waals surface area contributed by atoms with Gasteiger partial charge in [-0.2, -0.15) is 0 Å². The molecule has 0 bridgehead atoms. The Morgan fingerprint density at radius 1 is 1.38 bits per heavy atom. The first-order chi connectivity index (χ1) is 15.3. The van der Waals surface area contributed by atoms with Crippen LogP contribution in [0, 0.1) is 0 Å². The Kier molecular flexibility index (Phi) is 6.23. The van der Waals surface area contributed by atoms with Crippen LogP contribution in [0.15, 0.2) is 40.7 Å². The Balaban J connectivity index is 1.38. The number of β-lactam (4-membered cyclic amide) rings is 1. The summed E-state index contributed by atoms with van der Waals surface area (Å²) >= 11 is 2.68. The first-order valence-corrected chi connectivity index (χ1v) is 11.5. The lowest BCUT2D eigenvalue weighted by molar-refractivity contribution is -0.150. The van der Waals surface area contributed by atoms with Gasteiger partial charge >= 0.3 is 5.97 Å². The number of nitrogens with zero attached hydrogens (tertiary/aromatic N) is 5. The summed E-state index contributed by atoms with van der Waals surface area (Å²) in [7, 11) is 1.68. The molecular weight excluding hydrogens is 458 g/mol. The summed E-state index contributed by atoms with van der Waals surface area (Å²) in [6, 6.07) is 5.52. The molecule has 3 heterocycles. The van der Waals surface area contributed by atoms with Crippen LogP contribution in [0.25, 0.3) is 0 Å². The molecule has 32 heavy (non-hydrogen) atoms. The SMILES string of the molecule is Cn1nnnc1SCC1=C(C(=O)O)N2C(=O)[C@@H](NC(=O)CNc3cccc(O)c3)[C@@H]2SC1. The van der Waals surface area contributed by atoms with Crippen LogP contribution in [0.4, 0.5) is 5.69 Å². The zero-order valence-electron chi connectivity index (χ0n) is 16.8. The summed E-state index contributed by atoms with van der Waals surface area (Å²) in [5, 5.41) is 35.9. The monoisotopic (exact) mass is 477 g/mol. The van der Waals surface area contributed by atoms with Gasteiger partial charge in [-0.15, -0.1) is 16.9 Å². The first-order valence-electron chi connectivity index (χ1n) is 9.42. The number of carboxylic acids is 1. The second-order valence-electron chi connectivity index (χ2n) is 6.99. The Morgan fingerprint density at radius 3 is 2.88 bits per heavy atom. The smallest absolute Gasteiger partial charge is 0.352 e. The topological polar surface area (TPSA) is 163 Å². The maximum atomic E-state index is 12.7. The van der Waals surface area contributed by atoms with Gasteiger partial charge in [-0.1, -0.05) is 17.8 Å². The van der Waals surface area contributed by atoms with Gasteiger partial charge in [0.2, 0.25) is 11.1 Å². The van der Waals surface area contributed by atoms with Crippen LogP contribution >= 0.6 is 23.5 Å². The summed E-state index contributed by atoms with van der Waals surface area (Å²) < 4.78 is 1.48. The number of aliphatic carboxylic acids is 1. The van der Waals surface area contributed by atoms with Crippen LogP contribution in [0.3, 0.4) is 0 Å². The molecule has 0 saturated carbocycles. The fourth-order valence-electron chi connectivity index (χ4n) is 3.31. The Hall–Kier alpha value is -3.26. The maximum absolute atomic E-state index is 12.7. The second kappa shape index (κ2) is 9.08. The minimum atomic E-state index is -1.19. The van der Waals surface area contributed by atoms with E-state index in [0.29, 0.717) is 27.9 Å². The molecule has 0 unspecified atom stereocenters. The van der Waals surface area contributed by atoms with Crippen molar-refractivity contribution in [3.63, 3.8) is 0 Å². The molecule has 2 aromatic rings. The van der Waals surface area contributed by atoms with Gasteiger partial charge in [-0.25, -0.2) is 9.48 Å². The number of aryl methyl sites for hydroxylation is 1. The van der Waals surface area contributed by atoms with Gasteiger partial charge < -0.3 is 20.8 Å². The van der Waals surface area contributed by atoms with E-state index in [9.17, 15) is 24.6 Å². The molecule has 2 aliphatic rings. The van der Waals surface area contributed by atoms with Crippen molar-refractivity contribution in [1.82, 2.24) is 30.4 Å². The number of tetrazole rings is 1. The number of carbonyl (C=O) groups is 3. The van der Waals surface area contributed by atoms with E-state index in [1.54, 1.807) is 19.2 Å². The van der Waals surface area contributed by atoms with E-state index in [-0.39, 0.29) is 18.0 Å². The third kappa shape index (κ3) is 4.36. The van der Waals surface area contributed by atoms with E-state index in [1.165, 1.54) is 45.2 Å². The molecule has 1 aromatic heterocycles. The zero-order chi connectivity index (χ0) is 22.8. The number of hydrogen-bond acceptors (Lipinski definition) is 10. The van der Waals surface area contributed by atoms with Crippen molar-refractivity contribution in [2.45, 2.75) is 16.6 Å². The van der Waals surface area contributed by atoms with E-state index < -0.39 is 29.2 Å². The largest absolute Gasteiger partial charge is 0.508 e. The van der Waals surface area contributed by atoms with Crippen molar-refractivity contribution >= 4 is 47.0 Å². The second-order valence-corrected chi connectivity index (χ2v) is 9.04. The van der Waals surface area contributed by atoms with Crippen LogP contribution in [0.2, 0.25) is 0 Å².